The molecule has 5 heteroatoms. The molecule has 2 N–H and O–H groups in total. The van der Waals surface area contributed by atoms with Crippen molar-refractivity contribution in [1.82, 2.24) is 0 Å². The minimum absolute atomic E-state index is 0.227. The third-order valence-corrected chi connectivity index (χ3v) is 1.74. The van der Waals surface area contributed by atoms with Gasteiger partial charge in [0.1, 0.15) is 10.8 Å². The van der Waals surface area contributed by atoms with E-state index in [1.54, 1.807) is 0 Å². The highest BCUT2D eigenvalue weighted by molar-refractivity contribution is 6.30. The van der Waals surface area contributed by atoms with Crippen LogP contribution in [0.1, 0.15) is 5.56 Å². The average Bonchev–Trinajstić information content (AvgIpc) is 2.08. The van der Waals surface area contributed by atoms with Crippen molar-refractivity contribution in [3.05, 3.63) is 34.1 Å². The van der Waals surface area contributed by atoms with Crippen LogP contribution in [-0.2, 0) is 6.54 Å². The molecule has 0 spiro atoms. The zero-order valence-electron chi connectivity index (χ0n) is 5.87. The predicted octanol–water partition coefficient (Wildman–Crippen LogP) is 2.22. The van der Waals surface area contributed by atoms with E-state index in [-0.39, 0.29) is 12.1 Å². The van der Waals surface area contributed by atoms with E-state index in [0.717, 1.165) is 6.07 Å². The van der Waals surface area contributed by atoms with E-state index < -0.39 is 22.5 Å². The largest absolute Gasteiger partial charge is 0.326 e. The monoisotopic (exact) mass is 195 g/mol. The average molecular weight is 196 g/mol. The number of rotatable bonds is 1. The summed E-state index contributed by atoms with van der Waals surface area (Å²) in [7, 11) is 0. The summed E-state index contributed by atoms with van der Waals surface area (Å²) in [4.78, 5) is 0. The molecule has 0 aliphatic carbocycles. The van der Waals surface area contributed by atoms with Crippen molar-refractivity contribution >= 4 is 11.6 Å². The number of halogens is 4. The van der Waals surface area contributed by atoms with Crippen molar-refractivity contribution in [3.63, 3.8) is 0 Å². The molecule has 0 aliphatic rings. The van der Waals surface area contributed by atoms with E-state index in [1.807, 2.05) is 0 Å². The van der Waals surface area contributed by atoms with Gasteiger partial charge in [-0.05, 0) is 6.07 Å². The van der Waals surface area contributed by atoms with Gasteiger partial charge in [0.2, 0.25) is 0 Å². The molecule has 12 heavy (non-hydrogen) atoms. The van der Waals surface area contributed by atoms with Crippen LogP contribution >= 0.6 is 11.6 Å². The van der Waals surface area contributed by atoms with Gasteiger partial charge in [-0.1, -0.05) is 11.6 Å². The van der Waals surface area contributed by atoms with Crippen LogP contribution < -0.4 is 5.73 Å². The second kappa shape index (κ2) is 3.33. The van der Waals surface area contributed by atoms with Gasteiger partial charge in [0.25, 0.3) is 0 Å². The fourth-order valence-corrected chi connectivity index (χ4v) is 0.908. The normalized spacial score (nSPS) is 10.4. The summed E-state index contributed by atoms with van der Waals surface area (Å²) in [5.74, 6) is -3.59. The Balaban J connectivity index is 3.39. The minimum Gasteiger partial charge on any atom is -0.326 e. The molecule has 0 bridgehead atoms. The SMILES string of the molecule is NCc1cc(F)c(Cl)c(F)c1F. The highest BCUT2D eigenvalue weighted by atomic mass is 35.5. The maximum Gasteiger partial charge on any atom is 0.180 e. The van der Waals surface area contributed by atoms with Crippen LogP contribution in [-0.4, -0.2) is 0 Å². The highest BCUT2D eigenvalue weighted by Gasteiger charge is 2.15. The van der Waals surface area contributed by atoms with Crippen molar-refractivity contribution in [1.29, 1.82) is 0 Å². The van der Waals surface area contributed by atoms with E-state index in [9.17, 15) is 13.2 Å². The van der Waals surface area contributed by atoms with E-state index in [1.165, 1.54) is 0 Å². The zero-order valence-corrected chi connectivity index (χ0v) is 6.63. The standard InChI is InChI=1S/C7H5ClF3N/c8-5-4(9)1-3(2-12)6(10)7(5)11/h1H,2,12H2. The zero-order chi connectivity index (χ0) is 9.30. The Morgan fingerprint density at radius 2 is 1.83 bits per heavy atom. The lowest BCUT2D eigenvalue weighted by Gasteiger charge is -2.02. The second-order valence-corrected chi connectivity index (χ2v) is 2.54. The molecular weight excluding hydrogens is 191 g/mol. The van der Waals surface area contributed by atoms with Crippen molar-refractivity contribution < 1.29 is 13.2 Å². The van der Waals surface area contributed by atoms with Gasteiger partial charge >= 0.3 is 0 Å². The van der Waals surface area contributed by atoms with Gasteiger partial charge in [0, 0.05) is 12.1 Å². The van der Waals surface area contributed by atoms with Crippen LogP contribution in [0.5, 0.6) is 0 Å². The molecule has 1 aromatic rings. The molecule has 0 aliphatic heterocycles. The van der Waals surface area contributed by atoms with E-state index in [4.69, 9.17) is 17.3 Å². The first kappa shape index (κ1) is 9.35. The molecule has 0 unspecified atom stereocenters. The lowest BCUT2D eigenvalue weighted by Crippen LogP contribution is -2.03. The third-order valence-electron chi connectivity index (χ3n) is 1.40. The fourth-order valence-electron chi connectivity index (χ4n) is 0.770. The molecule has 0 atom stereocenters. The van der Waals surface area contributed by atoms with Crippen molar-refractivity contribution in [3.8, 4) is 0 Å². The third kappa shape index (κ3) is 1.40. The van der Waals surface area contributed by atoms with Gasteiger partial charge in [-0.15, -0.1) is 0 Å². The summed E-state index contributed by atoms with van der Waals surface area (Å²) in [5, 5.41) is -0.843. The Kier molecular flexibility index (Phi) is 2.59. The Morgan fingerprint density at radius 1 is 1.25 bits per heavy atom. The number of benzene rings is 1. The predicted molar refractivity (Wildman–Crippen MR) is 39.2 cm³/mol. The summed E-state index contributed by atoms with van der Waals surface area (Å²) in [6.45, 7) is -0.267. The van der Waals surface area contributed by atoms with Gasteiger partial charge in [0.15, 0.2) is 11.6 Å². The lowest BCUT2D eigenvalue weighted by molar-refractivity contribution is 0.485. The molecule has 66 valence electrons. The summed E-state index contributed by atoms with van der Waals surface area (Å²) in [6.07, 6.45) is 0. The van der Waals surface area contributed by atoms with Crippen LogP contribution in [0.4, 0.5) is 13.2 Å². The van der Waals surface area contributed by atoms with Gasteiger partial charge in [-0.25, -0.2) is 13.2 Å². The molecule has 0 fully saturated rings. The summed E-state index contributed by atoms with van der Waals surface area (Å²) >= 11 is 5.08. The molecule has 0 aromatic heterocycles. The lowest BCUT2D eigenvalue weighted by atomic mass is 10.2. The molecule has 1 aromatic carbocycles. The highest BCUT2D eigenvalue weighted by Crippen LogP contribution is 2.23. The maximum absolute atomic E-state index is 12.7. The van der Waals surface area contributed by atoms with Crippen LogP contribution in [0.2, 0.25) is 5.02 Å². The maximum atomic E-state index is 12.7. The number of hydrogen-bond donors (Lipinski definition) is 1. The van der Waals surface area contributed by atoms with E-state index in [0.29, 0.717) is 0 Å². The Hall–Kier alpha value is -0.740. The number of hydrogen-bond acceptors (Lipinski definition) is 1. The van der Waals surface area contributed by atoms with Crippen molar-refractivity contribution in [2.24, 2.45) is 5.73 Å². The fraction of sp³-hybridized carbons (Fsp3) is 0.143. The quantitative estimate of drug-likeness (QED) is 0.540. The van der Waals surface area contributed by atoms with Crippen LogP contribution in [0.3, 0.4) is 0 Å². The topological polar surface area (TPSA) is 26.0 Å². The molecule has 0 saturated carbocycles. The molecule has 0 saturated heterocycles. The Morgan fingerprint density at radius 3 is 2.33 bits per heavy atom. The summed E-state index contributed by atoms with van der Waals surface area (Å²) in [6, 6.07) is 0.779. The first-order valence-corrected chi connectivity index (χ1v) is 3.47. The van der Waals surface area contributed by atoms with E-state index in [2.05, 4.69) is 0 Å². The molecule has 0 heterocycles. The summed E-state index contributed by atoms with van der Waals surface area (Å²) in [5.41, 5.74) is 4.79. The molecule has 1 nitrogen and oxygen atoms in total. The van der Waals surface area contributed by atoms with Gasteiger partial charge in [0.05, 0.1) is 0 Å². The molecule has 0 radical (unpaired) electrons. The van der Waals surface area contributed by atoms with Crippen LogP contribution in [0, 0.1) is 17.5 Å². The van der Waals surface area contributed by atoms with Crippen molar-refractivity contribution in [2.75, 3.05) is 0 Å². The second-order valence-electron chi connectivity index (χ2n) is 2.16. The van der Waals surface area contributed by atoms with Gasteiger partial charge in [-0.2, -0.15) is 0 Å². The molecule has 0 amide bonds. The molecular formula is C7H5ClF3N. The Labute approximate surface area is 71.9 Å². The van der Waals surface area contributed by atoms with E-state index >= 15 is 0 Å². The van der Waals surface area contributed by atoms with Gasteiger partial charge in [-0.3, -0.25) is 0 Å². The van der Waals surface area contributed by atoms with Crippen molar-refractivity contribution in [2.45, 2.75) is 6.54 Å². The Bertz CT molecular complexity index is 314. The minimum atomic E-state index is -1.39. The first-order chi connectivity index (χ1) is 5.57. The number of nitrogens with two attached hydrogens (primary N) is 1. The smallest absolute Gasteiger partial charge is 0.180 e. The summed E-state index contributed by atoms with van der Waals surface area (Å²) < 4.78 is 38.0. The van der Waals surface area contributed by atoms with Gasteiger partial charge < -0.3 is 5.73 Å². The first-order valence-electron chi connectivity index (χ1n) is 3.10. The van der Waals surface area contributed by atoms with Crippen LogP contribution in [0.15, 0.2) is 6.07 Å². The molecule has 1 rings (SSSR count). The van der Waals surface area contributed by atoms with Crippen LogP contribution in [0.25, 0.3) is 0 Å².